The third kappa shape index (κ3) is 2.61. The number of anilines is 1. The number of amides is 1. The largest absolute Gasteiger partial charge is 0.365 e. The molecule has 18 heavy (non-hydrogen) atoms. The molecule has 0 saturated carbocycles. The number of hydrogen-bond donors (Lipinski definition) is 2. The minimum absolute atomic E-state index is 0.413. The van der Waals surface area contributed by atoms with Crippen molar-refractivity contribution in [1.29, 1.82) is 0 Å². The first-order valence-corrected chi connectivity index (χ1v) is 6.31. The fraction of sp³-hybridized carbons (Fsp3) is 0.538. The van der Waals surface area contributed by atoms with Gasteiger partial charge in [0.05, 0.1) is 5.56 Å². The molecule has 1 saturated heterocycles. The van der Waals surface area contributed by atoms with E-state index >= 15 is 0 Å². The predicted octanol–water partition coefficient (Wildman–Crippen LogP) is 0.677. The van der Waals surface area contributed by atoms with Crippen LogP contribution in [0.4, 0.5) is 5.82 Å². The molecule has 1 aliphatic heterocycles. The van der Waals surface area contributed by atoms with E-state index in [1.165, 1.54) is 0 Å². The topological polar surface area (TPSA) is 71.2 Å². The Hall–Kier alpha value is -1.62. The van der Waals surface area contributed by atoms with E-state index in [0.29, 0.717) is 11.6 Å². The van der Waals surface area contributed by atoms with Crippen molar-refractivity contribution < 1.29 is 4.79 Å². The summed E-state index contributed by atoms with van der Waals surface area (Å²) < 4.78 is 0. The van der Waals surface area contributed by atoms with Gasteiger partial charge < -0.3 is 16.0 Å². The van der Waals surface area contributed by atoms with Crippen LogP contribution < -0.4 is 16.0 Å². The van der Waals surface area contributed by atoms with Gasteiger partial charge in [0.2, 0.25) is 0 Å². The molecule has 1 unspecified atom stereocenters. The molecule has 98 valence electrons. The van der Waals surface area contributed by atoms with Crippen LogP contribution in [0.25, 0.3) is 0 Å². The zero-order valence-corrected chi connectivity index (χ0v) is 10.9. The van der Waals surface area contributed by atoms with E-state index in [9.17, 15) is 4.79 Å². The highest BCUT2D eigenvalue weighted by molar-refractivity contribution is 5.97. The third-order valence-corrected chi connectivity index (χ3v) is 3.41. The molecule has 0 aliphatic carbocycles. The van der Waals surface area contributed by atoms with Gasteiger partial charge in [0.25, 0.3) is 5.91 Å². The molecule has 2 rings (SSSR count). The average molecular weight is 248 g/mol. The number of carbonyl (C=O) groups is 1. The lowest BCUT2D eigenvalue weighted by atomic mass is 10.0. The van der Waals surface area contributed by atoms with Crippen LogP contribution >= 0.6 is 0 Å². The number of aryl methyl sites for hydroxylation is 1. The Morgan fingerprint density at radius 2 is 2.33 bits per heavy atom. The van der Waals surface area contributed by atoms with Crippen LogP contribution in [-0.4, -0.2) is 37.1 Å². The van der Waals surface area contributed by atoms with E-state index in [1.807, 2.05) is 20.0 Å². The summed E-state index contributed by atoms with van der Waals surface area (Å²) in [5.74, 6) is 0.312. The second-order valence-electron chi connectivity index (χ2n) is 4.76. The quantitative estimate of drug-likeness (QED) is 0.825. The van der Waals surface area contributed by atoms with Crippen LogP contribution in [0.5, 0.6) is 0 Å². The van der Waals surface area contributed by atoms with E-state index in [-0.39, 0.29) is 0 Å². The van der Waals surface area contributed by atoms with Gasteiger partial charge in [-0.2, -0.15) is 0 Å². The Balaban J connectivity index is 2.31. The van der Waals surface area contributed by atoms with E-state index in [1.54, 1.807) is 6.07 Å². The van der Waals surface area contributed by atoms with Gasteiger partial charge in [-0.3, -0.25) is 4.79 Å². The van der Waals surface area contributed by atoms with Crippen molar-refractivity contribution >= 4 is 11.7 Å². The van der Waals surface area contributed by atoms with E-state index < -0.39 is 5.91 Å². The maximum Gasteiger partial charge on any atom is 0.252 e. The number of aromatic nitrogens is 1. The highest BCUT2D eigenvalue weighted by Gasteiger charge is 2.23. The third-order valence-electron chi connectivity index (χ3n) is 3.41. The number of hydrogen-bond acceptors (Lipinski definition) is 4. The van der Waals surface area contributed by atoms with Crippen molar-refractivity contribution in [2.24, 2.45) is 5.73 Å². The molecule has 5 nitrogen and oxygen atoms in total. The molecule has 1 aromatic rings. The van der Waals surface area contributed by atoms with Crippen molar-refractivity contribution in [3.05, 3.63) is 23.4 Å². The summed E-state index contributed by atoms with van der Waals surface area (Å²) in [4.78, 5) is 18.1. The molecule has 0 bridgehead atoms. The summed E-state index contributed by atoms with van der Waals surface area (Å²) >= 11 is 0. The van der Waals surface area contributed by atoms with Crippen LogP contribution in [-0.2, 0) is 0 Å². The lowest BCUT2D eigenvalue weighted by molar-refractivity contribution is 0.100. The number of nitrogens with zero attached hydrogens (tertiary/aromatic N) is 2. The first-order chi connectivity index (χ1) is 8.61. The number of piperidine rings is 1. The summed E-state index contributed by atoms with van der Waals surface area (Å²) in [6.45, 7) is 3.72. The van der Waals surface area contributed by atoms with Crippen molar-refractivity contribution in [2.45, 2.75) is 25.8 Å². The number of likely N-dealkylation sites (N-methyl/N-ethyl adjacent to an activating group) is 1. The van der Waals surface area contributed by atoms with Crippen molar-refractivity contribution in [2.75, 3.05) is 25.0 Å². The molecule has 1 aliphatic rings. The fourth-order valence-electron chi connectivity index (χ4n) is 2.38. The SMILES string of the molecule is CNC1CCCN(c2nc(C)ccc2C(N)=O)C1. The number of carbonyl (C=O) groups excluding carboxylic acids is 1. The van der Waals surface area contributed by atoms with Crippen LogP contribution in [0, 0.1) is 6.92 Å². The molecule has 5 heteroatoms. The Bertz CT molecular complexity index is 447. The molecule has 2 heterocycles. The molecule has 3 N–H and O–H groups in total. The lowest BCUT2D eigenvalue weighted by Crippen LogP contribution is -2.45. The number of nitrogens with one attached hydrogen (secondary N) is 1. The summed E-state index contributed by atoms with van der Waals surface area (Å²) in [5.41, 5.74) is 6.83. The summed E-state index contributed by atoms with van der Waals surface area (Å²) in [5, 5.41) is 3.28. The maximum absolute atomic E-state index is 11.5. The van der Waals surface area contributed by atoms with Gasteiger partial charge in [0, 0.05) is 24.8 Å². The minimum Gasteiger partial charge on any atom is -0.365 e. The smallest absolute Gasteiger partial charge is 0.252 e. The summed E-state index contributed by atoms with van der Waals surface area (Å²) in [6.07, 6.45) is 2.25. The fourth-order valence-corrected chi connectivity index (χ4v) is 2.38. The number of nitrogens with two attached hydrogens (primary N) is 1. The van der Waals surface area contributed by atoms with E-state index in [0.717, 1.165) is 37.4 Å². The predicted molar refractivity (Wildman–Crippen MR) is 71.8 cm³/mol. The second-order valence-corrected chi connectivity index (χ2v) is 4.76. The highest BCUT2D eigenvalue weighted by atomic mass is 16.1. The van der Waals surface area contributed by atoms with Gasteiger partial charge in [-0.05, 0) is 38.9 Å². The zero-order valence-electron chi connectivity index (χ0n) is 10.9. The highest BCUT2D eigenvalue weighted by Crippen LogP contribution is 2.22. The molecular formula is C13H20N4O. The molecule has 1 fully saturated rings. The minimum atomic E-state index is -0.413. The van der Waals surface area contributed by atoms with Crippen LogP contribution in [0.1, 0.15) is 28.9 Å². The lowest BCUT2D eigenvalue weighted by Gasteiger charge is -2.34. The summed E-state index contributed by atoms with van der Waals surface area (Å²) in [7, 11) is 1.97. The van der Waals surface area contributed by atoms with E-state index in [2.05, 4.69) is 15.2 Å². The number of rotatable bonds is 3. The molecule has 0 spiro atoms. The van der Waals surface area contributed by atoms with Crippen LogP contribution in [0.3, 0.4) is 0 Å². The Kier molecular flexibility index (Phi) is 3.81. The Morgan fingerprint density at radius 3 is 3.00 bits per heavy atom. The van der Waals surface area contributed by atoms with Gasteiger partial charge in [0.15, 0.2) is 0 Å². The molecule has 0 aromatic carbocycles. The summed E-state index contributed by atoms with van der Waals surface area (Å²) in [6, 6.07) is 4.04. The normalized spacial score (nSPS) is 19.9. The molecule has 1 atom stereocenters. The van der Waals surface area contributed by atoms with Crippen molar-refractivity contribution in [1.82, 2.24) is 10.3 Å². The van der Waals surface area contributed by atoms with Gasteiger partial charge in [-0.15, -0.1) is 0 Å². The number of primary amides is 1. The molecule has 1 aromatic heterocycles. The van der Waals surface area contributed by atoms with Crippen LogP contribution in [0.2, 0.25) is 0 Å². The maximum atomic E-state index is 11.5. The first kappa shape index (κ1) is 12.8. The van der Waals surface area contributed by atoms with Gasteiger partial charge >= 0.3 is 0 Å². The standard InChI is InChI=1S/C13H20N4O/c1-9-5-6-11(12(14)18)13(16-9)17-7-3-4-10(8-17)15-2/h5-6,10,15H,3-4,7-8H2,1-2H3,(H2,14,18). The van der Waals surface area contributed by atoms with Gasteiger partial charge in [0.1, 0.15) is 5.82 Å². The van der Waals surface area contributed by atoms with Crippen LogP contribution in [0.15, 0.2) is 12.1 Å². The Morgan fingerprint density at radius 1 is 1.56 bits per heavy atom. The number of pyridine rings is 1. The monoisotopic (exact) mass is 248 g/mol. The van der Waals surface area contributed by atoms with Crippen molar-refractivity contribution in [3.8, 4) is 0 Å². The Labute approximate surface area is 107 Å². The second kappa shape index (κ2) is 5.35. The van der Waals surface area contributed by atoms with Gasteiger partial charge in [-0.1, -0.05) is 0 Å². The van der Waals surface area contributed by atoms with E-state index in [4.69, 9.17) is 5.73 Å². The molecule has 1 amide bonds. The first-order valence-electron chi connectivity index (χ1n) is 6.31. The molecular weight excluding hydrogens is 228 g/mol. The van der Waals surface area contributed by atoms with Gasteiger partial charge in [-0.25, -0.2) is 4.98 Å². The average Bonchev–Trinajstić information content (AvgIpc) is 2.38. The van der Waals surface area contributed by atoms with Crippen molar-refractivity contribution in [3.63, 3.8) is 0 Å². The molecule has 0 radical (unpaired) electrons. The zero-order chi connectivity index (χ0) is 13.1.